The van der Waals surface area contributed by atoms with Crippen LogP contribution in [0.4, 0.5) is 10.1 Å². The van der Waals surface area contributed by atoms with Crippen LogP contribution in [-0.2, 0) is 4.79 Å². The van der Waals surface area contributed by atoms with E-state index in [1.54, 1.807) is 0 Å². The van der Waals surface area contributed by atoms with Crippen molar-refractivity contribution < 1.29 is 13.9 Å². The SMILES string of the molecule is COc1cc(NC(=O)C2CCCC(N)C2)ccc1F. The van der Waals surface area contributed by atoms with Gasteiger partial charge < -0.3 is 15.8 Å². The Morgan fingerprint density at radius 3 is 2.95 bits per heavy atom. The minimum Gasteiger partial charge on any atom is -0.494 e. The predicted octanol–water partition coefficient (Wildman–Crippen LogP) is 2.29. The lowest BCUT2D eigenvalue weighted by Crippen LogP contribution is -2.34. The lowest BCUT2D eigenvalue weighted by molar-refractivity contribution is -0.120. The molecule has 3 N–H and O–H groups in total. The van der Waals surface area contributed by atoms with E-state index < -0.39 is 5.82 Å². The molecular weight excluding hydrogens is 247 g/mol. The molecule has 0 spiro atoms. The largest absolute Gasteiger partial charge is 0.494 e. The van der Waals surface area contributed by atoms with Crippen molar-refractivity contribution in [3.8, 4) is 5.75 Å². The molecule has 2 unspecified atom stereocenters. The molecule has 1 aliphatic carbocycles. The van der Waals surface area contributed by atoms with Crippen molar-refractivity contribution >= 4 is 11.6 Å². The highest BCUT2D eigenvalue weighted by Crippen LogP contribution is 2.26. The molecule has 0 bridgehead atoms. The highest BCUT2D eigenvalue weighted by molar-refractivity contribution is 5.92. The summed E-state index contributed by atoms with van der Waals surface area (Å²) in [5.41, 5.74) is 6.42. The second kappa shape index (κ2) is 6.02. The lowest BCUT2D eigenvalue weighted by atomic mass is 9.85. The molecule has 0 radical (unpaired) electrons. The molecule has 1 amide bonds. The van der Waals surface area contributed by atoms with Crippen molar-refractivity contribution in [3.63, 3.8) is 0 Å². The van der Waals surface area contributed by atoms with Gasteiger partial charge in [0.05, 0.1) is 7.11 Å². The van der Waals surface area contributed by atoms with Gasteiger partial charge in [-0.3, -0.25) is 4.79 Å². The third-order valence-electron chi connectivity index (χ3n) is 3.50. The maximum atomic E-state index is 13.3. The number of ether oxygens (including phenoxy) is 1. The number of halogens is 1. The lowest BCUT2D eigenvalue weighted by Gasteiger charge is -2.25. The normalized spacial score (nSPS) is 22.9. The van der Waals surface area contributed by atoms with E-state index in [1.165, 1.54) is 25.3 Å². The molecule has 0 saturated heterocycles. The summed E-state index contributed by atoms with van der Waals surface area (Å²) in [5.74, 6) is -0.429. The van der Waals surface area contributed by atoms with Crippen LogP contribution in [0.25, 0.3) is 0 Å². The van der Waals surface area contributed by atoms with E-state index >= 15 is 0 Å². The minimum atomic E-state index is -0.444. The van der Waals surface area contributed by atoms with Crippen molar-refractivity contribution in [2.24, 2.45) is 11.7 Å². The fourth-order valence-electron chi connectivity index (χ4n) is 2.45. The standard InChI is InChI=1S/C14H19FN2O2/c1-19-13-8-11(5-6-12(13)15)17-14(18)9-3-2-4-10(16)7-9/h5-6,8-10H,2-4,7,16H2,1H3,(H,17,18). The zero-order chi connectivity index (χ0) is 13.8. The third kappa shape index (κ3) is 3.44. The molecule has 19 heavy (non-hydrogen) atoms. The van der Waals surface area contributed by atoms with Gasteiger partial charge in [-0.2, -0.15) is 0 Å². The first-order valence-electron chi connectivity index (χ1n) is 6.50. The van der Waals surface area contributed by atoms with Gasteiger partial charge in [0.1, 0.15) is 0 Å². The molecular formula is C14H19FN2O2. The number of carbonyl (C=O) groups is 1. The van der Waals surface area contributed by atoms with Gasteiger partial charge in [-0.05, 0) is 31.4 Å². The maximum Gasteiger partial charge on any atom is 0.227 e. The topological polar surface area (TPSA) is 64.3 Å². The summed E-state index contributed by atoms with van der Waals surface area (Å²) in [7, 11) is 1.39. The first-order valence-corrected chi connectivity index (χ1v) is 6.50. The smallest absolute Gasteiger partial charge is 0.227 e. The molecule has 2 atom stereocenters. The van der Waals surface area contributed by atoms with Crippen molar-refractivity contribution in [1.29, 1.82) is 0 Å². The van der Waals surface area contributed by atoms with Crippen LogP contribution >= 0.6 is 0 Å². The number of nitrogens with two attached hydrogens (primary N) is 1. The summed E-state index contributed by atoms with van der Waals surface area (Å²) >= 11 is 0. The van der Waals surface area contributed by atoms with Crippen LogP contribution in [0, 0.1) is 11.7 Å². The molecule has 1 saturated carbocycles. The van der Waals surface area contributed by atoms with Gasteiger partial charge in [0.15, 0.2) is 11.6 Å². The highest BCUT2D eigenvalue weighted by Gasteiger charge is 2.25. The number of benzene rings is 1. The van der Waals surface area contributed by atoms with Crippen LogP contribution in [0.2, 0.25) is 0 Å². The average molecular weight is 266 g/mol. The summed E-state index contributed by atoms with van der Waals surface area (Å²) in [6.45, 7) is 0. The number of hydrogen-bond donors (Lipinski definition) is 2. The number of rotatable bonds is 3. The van der Waals surface area contributed by atoms with Crippen molar-refractivity contribution in [2.45, 2.75) is 31.7 Å². The fraction of sp³-hybridized carbons (Fsp3) is 0.500. The monoisotopic (exact) mass is 266 g/mol. The molecule has 0 aromatic heterocycles. The second-order valence-corrected chi connectivity index (χ2v) is 4.96. The number of anilines is 1. The van der Waals surface area contributed by atoms with Crippen LogP contribution < -0.4 is 15.8 Å². The van der Waals surface area contributed by atoms with Crippen molar-refractivity contribution in [1.82, 2.24) is 0 Å². The Morgan fingerprint density at radius 1 is 1.47 bits per heavy atom. The molecule has 104 valence electrons. The van der Waals surface area contributed by atoms with E-state index in [4.69, 9.17) is 10.5 Å². The van der Waals surface area contributed by atoms with E-state index in [1.807, 2.05) is 0 Å². The second-order valence-electron chi connectivity index (χ2n) is 4.96. The Labute approximate surface area is 112 Å². The minimum absolute atomic E-state index is 0.0520. The molecule has 4 nitrogen and oxygen atoms in total. The fourth-order valence-corrected chi connectivity index (χ4v) is 2.45. The summed E-state index contributed by atoms with van der Waals surface area (Å²) in [5, 5.41) is 2.79. The maximum absolute atomic E-state index is 13.3. The molecule has 5 heteroatoms. The van der Waals surface area contributed by atoms with Gasteiger partial charge in [-0.15, -0.1) is 0 Å². The Hall–Kier alpha value is -1.62. The molecule has 1 aliphatic rings. The first kappa shape index (κ1) is 13.8. The number of carbonyl (C=O) groups excluding carboxylic acids is 1. The van der Waals surface area contributed by atoms with Gasteiger partial charge in [0, 0.05) is 23.7 Å². The van der Waals surface area contributed by atoms with Crippen LogP contribution in [0.1, 0.15) is 25.7 Å². The molecule has 2 rings (SSSR count). The van der Waals surface area contributed by atoms with E-state index in [0.717, 1.165) is 19.3 Å². The molecule has 1 aromatic rings. The summed E-state index contributed by atoms with van der Waals surface area (Å²) < 4.78 is 18.1. The third-order valence-corrected chi connectivity index (χ3v) is 3.50. The molecule has 0 aliphatic heterocycles. The van der Waals surface area contributed by atoms with Gasteiger partial charge >= 0.3 is 0 Å². The number of hydrogen-bond acceptors (Lipinski definition) is 3. The van der Waals surface area contributed by atoms with Crippen molar-refractivity contribution in [3.05, 3.63) is 24.0 Å². The van der Waals surface area contributed by atoms with E-state index in [2.05, 4.69) is 5.32 Å². The van der Waals surface area contributed by atoms with Crippen LogP contribution in [0.15, 0.2) is 18.2 Å². The predicted molar refractivity (Wildman–Crippen MR) is 71.5 cm³/mol. The zero-order valence-corrected chi connectivity index (χ0v) is 11.0. The summed E-state index contributed by atoms with van der Waals surface area (Å²) in [6, 6.07) is 4.39. The summed E-state index contributed by atoms with van der Waals surface area (Å²) in [4.78, 5) is 12.1. The van der Waals surface area contributed by atoms with Crippen LogP contribution in [0.5, 0.6) is 5.75 Å². The molecule has 1 aromatic carbocycles. The summed E-state index contributed by atoms with van der Waals surface area (Å²) in [6.07, 6.45) is 3.53. The Bertz CT molecular complexity index is 465. The van der Waals surface area contributed by atoms with Crippen LogP contribution in [-0.4, -0.2) is 19.1 Å². The van der Waals surface area contributed by atoms with E-state index in [0.29, 0.717) is 12.1 Å². The highest BCUT2D eigenvalue weighted by atomic mass is 19.1. The molecule has 1 fully saturated rings. The number of nitrogens with one attached hydrogen (secondary N) is 1. The van der Waals surface area contributed by atoms with Gasteiger partial charge in [-0.25, -0.2) is 4.39 Å². The number of methoxy groups -OCH3 is 1. The van der Waals surface area contributed by atoms with Crippen LogP contribution in [0.3, 0.4) is 0 Å². The van der Waals surface area contributed by atoms with E-state index in [9.17, 15) is 9.18 Å². The zero-order valence-electron chi connectivity index (χ0n) is 11.0. The van der Waals surface area contributed by atoms with Crippen molar-refractivity contribution in [2.75, 3.05) is 12.4 Å². The quantitative estimate of drug-likeness (QED) is 0.882. The van der Waals surface area contributed by atoms with E-state index in [-0.39, 0.29) is 23.6 Å². The Balaban J connectivity index is 2.02. The Kier molecular flexibility index (Phi) is 4.37. The van der Waals surface area contributed by atoms with Gasteiger partial charge in [0.2, 0.25) is 5.91 Å². The molecule has 0 heterocycles. The first-order chi connectivity index (χ1) is 9.10. The number of amides is 1. The van der Waals surface area contributed by atoms with Gasteiger partial charge in [-0.1, -0.05) is 6.42 Å². The average Bonchev–Trinajstić information content (AvgIpc) is 2.41. The van der Waals surface area contributed by atoms with Gasteiger partial charge in [0.25, 0.3) is 0 Å². The Morgan fingerprint density at radius 2 is 2.26 bits per heavy atom.